The molecule has 3 aromatic carbocycles. The Kier molecular flexibility index (Phi) is 22.2. The molecular weight excluding hydrogens is 1010 g/mol. The smallest absolute Gasteiger partial charge is 0.251 e. The first-order chi connectivity index (χ1) is 37.4. The number of anilines is 1. The van der Waals surface area contributed by atoms with Crippen LogP contribution in [0.1, 0.15) is 111 Å². The molecule has 4 amide bonds. The molecule has 1 saturated heterocycles. The number of benzene rings is 3. The van der Waals surface area contributed by atoms with Gasteiger partial charge in [-0.2, -0.15) is 0 Å². The number of amidine groups is 2. The first-order valence-electron chi connectivity index (χ1n) is 26.4. The van der Waals surface area contributed by atoms with Crippen molar-refractivity contribution in [3.63, 3.8) is 0 Å². The van der Waals surface area contributed by atoms with Crippen molar-refractivity contribution < 1.29 is 29.0 Å². The van der Waals surface area contributed by atoms with E-state index in [0.29, 0.717) is 61.6 Å². The molecule has 416 valence electrons. The largest absolute Gasteiger partial charge is 0.494 e. The molecule has 0 spiro atoms. The topological polar surface area (TPSA) is 294 Å². The number of nitrogens with one attached hydrogen (secondary N) is 6. The Morgan fingerprint density at radius 1 is 0.923 bits per heavy atom. The Bertz CT molecular complexity index is 2840. The minimum absolute atomic E-state index is 0.000125. The molecule has 20 nitrogen and oxygen atoms in total. The number of hydrogen-bond donors (Lipinski definition) is 9. The summed E-state index contributed by atoms with van der Waals surface area (Å²) in [6.07, 6.45) is 9.43. The van der Waals surface area contributed by atoms with Crippen LogP contribution >= 0.6 is 11.3 Å². The lowest BCUT2D eigenvalue weighted by Gasteiger charge is -2.35. The van der Waals surface area contributed by atoms with Gasteiger partial charge in [0.2, 0.25) is 17.7 Å². The molecule has 78 heavy (non-hydrogen) atoms. The predicted molar refractivity (Wildman–Crippen MR) is 304 cm³/mol. The van der Waals surface area contributed by atoms with Crippen LogP contribution in [0.5, 0.6) is 5.75 Å². The van der Waals surface area contributed by atoms with Gasteiger partial charge in [0, 0.05) is 75.4 Å². The first-order valence-corrected chi connectivity index (χ1v) is 27.3. The normalized spacial score (nSPS) is 14.8. The van der Waals surface area contributed by atoms with Crippen LogP contribution in [0.3, 0.4) is 0 Å². The highest BCUT2D eigenvalue weighted by atomic mass is 32.1. The third-order valence-corrected chi connectivity index (χ3v) is 14.2. The maximum Gasteiger partial charge on any atom is 0.251 e. The lowest BCUT2D eigenvalue weighted by Crippen LogP contribution is -2.57. The van der Waals surface area contributed by atoms with E-state index in [2.05, 4.69) is 36.2 Å². The van der Waals surface area contributed by atoms with Gasteiger partial charge in [-0.15, -0.1) is 11.3 Å². The van der Waals surface area contributed by atoms with Crippen molar-refractivity contribution in [2.24, 2.45) is 17.0 Å². The third kappa shape index (κ3) is 18.2. The Hall–Kier alpha value is -7.75. The summed E-state index contributed by atoms with van der Waals surface area (Å²) in [5.41, 5.74) is 13.4. The molecule has 21 heteroatoms. The van der Waals surface area contributed by atoms with Crippen molar-refractivity contribution in [2.75, 3.05) is 38.6 Å². The van der Waals surface area contributed by atoms with Gasteiger partial charge in [-0.05, 0) is 97.5 Å². The molecule has 6 rings (SSSR count). The number of carbonyl (C=O) groups is 4. The number of aliphatic hydroxyl groups excluding tert-OH is 1. The zero-order valence-electron chi connectivity index (χ0n) is 45.4. The number of nitrogens with zero attached hydrogens (tertiary/aromatic N) is 6. The molecule has 2 aromatic heterocycles. The summed E-state index contributed by atoms with van der Waals surface area (Å²) in [5, 5.41) is 40.9. The summed E-state index contributed by atoms with van der Waals surface area (Å²) in [6.45, 7) is 9.44. The van der Waals surface area contributed by atoms with E-state index in [1.54, 1.807) is 60.1 Å². The number of amides is 4. The van der Waals surface area contributed by atoms with Crippen LogP contribution < -0.4 is 37.6 Å². The number of ether oxygens (including phenoxy) is 1. The van der Waals surface area contributed by atoms with E-state index >= 15 is 0 Å². The van der Waals surface area contributed by atoms with E-state index in [0.717, 1.165) is 58.7 Å². The highest BCUT2D eigenvalue weighted by Gasteiger charge is 2.44. The molecule has 0 unspecified atom stereocenters. The second-order valence-corrected chi connectivity index (χ2v) is 21.4. The summed E-state index contributed by atoms with van der Waals surface area (Å²) in [6, 6.07) is 22.4. The number of unbranched alkanes of at least 4 members (excludes halogenated alkanes) is 4. The van der Waals surface area contributed by atoms with Gasteiger partial charge in [-0.25, -0.2) is 20.8 Å². The van der Waals surface area contributed by atoms with Gasteiger partial charge in [0.1, 0.15) is 35.7 Å². The molecule has 11 N–H and O–H groups in total. The van der Waals surface area contributed by atoms with E-state index < -0.39 is 29.5 Å². The second-order valence-electron chi connectivity index (χ2n) is 20.6. The van der Waals surface area contributed by atoms with Crippen LogP contribution in [0.15, 0.2) is 109 Å². The lowest BCUT2D eigenvalue weighted by molar-refractivity contribution is -0.144. The zero-order chi connectivity index (χ0) is 56.2. The van der Waals surface area contributed by atoms with E-state index in [4.69, 9.17) is 27.1 Å². The predicted octanol–water partition coefficient (Wildman–Crippen LogP) is 6.47. The molecular formula is C57H76N14O6S. The summed E-state index contributed by atoms with van der Waals surface area (Å²) in [7, 11) is 1.63. The fraction of sp³-hybridized carbons (Fsp3) is 0.421. The molecule has 1 aliphatic heterocycles. The van der Waals surface area contributed by atoms with E-state index in [1.807, 2.05) is 87.8 Å². The van der Waals surface area contributed by atoms with E-state index in [9.17, 15) is 24.3 Å². The SMILES string of the molecule is Cc1ncsc1-c1ccc(CNC(=O)[C@@H]2C[C@@H](O)CN2C(=O)[C@@H](NC(=O)CCCC/C(N)=C/N(N)CCCCCCOc2cccc(CNC(=O)c3cccc(NCC(=N)N(C)C(=N)c4ccncn4)c3)c2)C(C)(C)C)cc1. The van der Waals surface area contributed by atoms with Crippen LogP contribution in [0.2, 0.25) is 0 Å². The number of aliphatic hydroxyl groups is 1. The number of likely N-dealkylation sites (N-methyl/N-ethyl adjacent to an activating group) is 1. The Morgan fingerprint density at radius 2 is 1.67 bits per heavy atom. The highest BCUT2D eigenvalue weighted by molar-refractivity contribution is 7.13. The highest BCUT2D eigenvalue weighted by Crippen LogP contribution is 2.29. The number of hydrazine groups is 1. The number of likely N-dealkylation sites (tertiary alicyclic amines) is 1. The summed E-state index contributed by atoms with van der Waals surface area (Å²) >= 11 is 1.57. The quantitative estimate of drug-likeness (QED) is 0.00896. The Morgan fingerprint density at radius 3 is 2.40 bits per heavy atom. The van der Waals surface area contributed by atoms with Crippen LogP contribution in [-0.4, -0.2) is 122 Å². The maximum absolute atomic E-state index is 14.1. The van der Waals surface area contributed by atoms with Gasteiger partial charge in [-0.3, -0.25) is 30.0 Å². The average molecular weight is 1090 g/mol. The van der Waals surface area contributed by atoms with Gasteiger partial charge < -0.3 is 51.7 Å². The minimum atomic E-state index is -0.909. The zero-order valence-corrected chi connectivity index (χ0v) is 46.2. The lowest BCUT2D eigenvalue weighted by atomic mass is 9.85. The van der Waals surface area contributed by atoms with Crippen molar-refractivity contribution in [3.8, 4) is 16.2 Å². The minimum Gasteiger partial charge on any atom is -0.494 e. The van der Waals surface area contributed by atoms with Crippen molar-refractivity contribution in [1.82, 2.24) is 45.7 Å². The van der Waals surface area contributed by atoms with E-state index in [-0.39, 0.29) is 61.9 Å². The Labute approximate surface area is 461 Å². The average Bonchev–Trinajstić information content (AvgIpc) is 4.09. The molecule has 0 radical (unpaired) electrons. The number of aryl methyl sites for hydroxylation is 1. The number of nitrogens with two attached hydrogens (primary N) is 2. The molecule has 5 aromatic rings. The summed E-state index contributed by atoms with van der Waals surface area (Å²) < 4.78 is 6.02. The van der Waals surface area contributed by atoms with Crippen LogP contribution in [0.4, 0.5) is 5.69 Å². The molecule has 1 fully saturated rings. The Balaban J connectivity index is 0.823. The fourth-order valence-corrected chi connectivity index (χ4v) is 9.56. The number of aromatic nitrogens is 3. The molecule has 3 atom stereocenters. The van der Waals surface area contributed by atoms with E-state index in [1.165, 1.54) is 16.1 Å². The molecule has 3 heterocycles. The fourth-order valence-electron chi connectivity index (χ4n) is 8.75. The summed E-state index contributed by atoms with van der Waals surface area (Å²) in [5.74, 6) is 5.91. The van der Waals surface area contributed by atoms with Gasteiger partial charge in [-0.1, -0.05) is 76.1 Å². The molecule has 0 aliphatic carbocycles. The van der Waals surface area contributed by atoms with Gasteiger partial charge in [0.05, 0.1) is 35.3 Å². The van der Waals surface area contributed by atoms with Gasteiger partial charge in [0.15, 0.2) is 5.84 Å². The van der Waals surface area contributed by atoms with Crippen molar-refractivity contribution in [2.45, 2.75) is 117 Å². The number of thiazole rings is 1. The van der Waals surface area contributed by atoms with Crippen LogP contribution in [0, 0.1) is 23.2 Å². The summed E-state index contributed by atoms with van der Waals surface area (Å²) in [4.78, 5) is 70.0. The standard InChI is InChI=1S/C57H76N14O6S/c1-38-51(78-37-67-38)41-22-20-39(21-23-41)31-65-55(75)48-30-45(72)35-71(48)56(76)52(57(2,3)4)68-50(73)19-9-8-16-43(58)34-70(61)26-10-6-7-11-27-77-46-18-12-14-40(28-46)32-64-54(74)42-15-13-17-44(29-42)63-33-49(59)69(5)53(60)47-24-25-62-36-66-47/h12-15,17-18,20-25,28-29,34,36-37,45,48,52,59-60,63,72H,6-11,16,19,26-27,30-33,35,58,61H2,1-5H3,(H,64,74)(H,65,75)(H,68,73)/b43-34-,59-49?,60-53?/t45-,48+,52-/m1/s1. The maximum atomic E-state index is 14.1. The molecule has 1 aliphatic rings. The number of β-amino-alcohol motifs (C(OH)–C–C–N with tert-alkyl or cyclic N) is 1. The van der Waals surface area contributed by atoms with Gasteiger partial charge >= 0.3 is 0 Å². The van der Waals surface area contributed by atoms with Crippen molar-refractivity contribution in [3.05, 3.63) is 137 Å². The van der Waals surface area contributed by atoms with Crippen molar-refractivity contribution in [1.29, 1.82) is 10.8 Å². The van der Waals surface area contributed by atoms with Crippen LogP contribution in [0.25, 0.3) is 10.4 Å². The number of carbonyl (C=O) groups excluding carboxylic acids is 4. The van der Waals surface area contributed by atoms with Gasteiger partial charge in [0.25, 0.3) is 5.91 Å². The first kappa shape index (κ1) is 59.5. The number of rotatable bonds is 27. The molecule has 0 bridgehead atoms. The number of hydrogen-bond acceptors (Lipinski definition) is 16. The monoisotopic (exact) mass is 1080 g/mol. The van der Waals surface area contributed by atoms with Crippen LogP contribution in [-0.2, 0) is 27.5 Å². The molecule has 0 saturated carbocycles. The van der Waals surface area contributed by atoms with Crippen molar-refractivity contribution >= 4 is 52.3 Å². The second kappa shape index (κ2) is 29.1. The third-order valence-electron chi connectivity index (χ3n) is 13.2. The number of allylic oxidation sites excluding steroid dienone is 1.